The van der Waals surface area contributed by atoms with Crippen LogP contribution >= 0.6 is 0 Å². The molecule has 0 saturated carbocycles. The Morgan fingerprint density at radius 1 is 0.264 bits per heavy atom. The molecule has 53 heavy (non-hydrogen) atoms. The summed E-state index contributed by atoms with van der Waals surface area (Å²) in [5.74, 6) is 0. The van der Waals surface area contributed by atoms with Gasteiger partial charge in [0.05, 0.1) is 0 Å². The molecule has 0 nitrogen and oxygen atoms in total. The summed E-state index contributed by atoms with van der Waals surface area (Å²) < 4.78 is 0. The SMILES string of the molecule is CC1(C)c2ccccc2-c2ccc3c(-c4ccc(-c5c6ccccc6c(-c6cccc7ccccc67)c6ccccc56)c5ccccc45)cccc3c21. The molecule has 1 aliphatic carbocycles. The first kappa shape index (κ1) is 30.2. The Hall–Kier alpha value is -6.50. The molecule has 10 aromatic carbocycles. The van der Waals surface area contributed by atoms with E-state index < -0.39 is 0 Å². The highest BCUT2D eigenvalue weighted by Crippen LogP contribution is 2.53. The third kappa shape index (κ3) is 4.24. The molecule has 0 N–H and O–H groups in total. The van der Waals surface area contributed by atoms with Crippen molar-refractivity contribution in [2.75, 3.05) is 0 Å². The lowest BCUT2D eigenvalue weighted by Gasteiger charge is -2.24. The van der Waals surface area contributed by atoms with Crippen molar-refractivity contribution in [2.45, 2.75) is 19.3 Å². The first-order valence-corrected chi connectivity index (χ1v) is 18.7. The zero-order chi connectivity index (χ0) is 35.3. The van der Waals surface area contributed by atoms with E-state index in [0.717, 1.165) is 0 Å². The second-order valence-electron chi connectivity index (χ2n) is 15.1. The molecule has 0 aromatic heterocycles. The Balaban J connectivity index is 1.18. The summed E-state index contributed by atoms with van der Waals surface area (Å²) in [6.07, 6.45) is 0. The van der Waals surface area contributed by atoms with E-state index in [2.05, 4.69) is 196 Å². The molecule has 11 rings (SSSR count). The van der Waals surface area contributed by atoms with Crippen molar-refractivity contribution in [3.05, 3.63) is 193 Å². The molecule has 10 aromatic rings. The molecule has 0 saturated heterocycles. The van der Waals surface area contributed by atoms with Gasteiger partial charge < -0.3 is 0 Å². The van der Waals surface area contributed by atoms with Gasteiger partial charge in [0, 0.05) is 5.41 Å². The van der Waals surface area contributed by atoms with Crippen molar-refractivity contribution >= 4 is 53.9 Å². The molecule has 0 spiro atoms. The predicted octanol–water partition coefficient (Wildman–Crippen LogP) is 14.8. The van der Waals surface area contributed by atoms with Crippen molar-refractivity contribution in [3.63, 3.8) is 0 Å². The van der Waals surface area contributed by atoms with Gasteiger partial charge in [-0.05, 0) is 109 Å². The van der Waals surface area contributed by atoms with E-state index >= 15 is 0 Å². The average molecular weight is 673 g/mol. The largest absolute Gasteiger partial charge is 0.0619 e. The van der Waals surface area contributed by atoms with Gasteiger partial charge in [0.2, 0.25) is 0 Å². The molecular formula is C53H36. The minimum atomic E-state index is -0.0731. The van der Waals surface area contributed by atoms with Crippen LogP contribution in [0.15, 0.2) is 182 Å². The van der Waals surface area contributed by atoms with Crippen LogP contribution in [-0.2, 0) is 5.41 Å². The normalized spacial score (nSPS) is 13.2. The maximum atomic E-state index is 2.38. The summed E-state index contributed by atoms with van der Waals surface area (Å²) in [6, 6.07) is 67.8. The van der Waals surface area contributed by atoms with Gasteiger partial charge in [-0.2, -0.15) is 0 Å². The average Bonchev–Trinajstić information content (AvgIpc) is 3.45. The fourth-order valence-corrected chi connectivity index (χ4v) is 9.79. The van der Waals surface area contributed by atoms with Gasteiger partial charge in [-0.3, -0.25) is 0 Å². The van der Waals surface area contributed by atoms with E-state index in [0.29, 0.717) is 0 Å². The van der Waals surface area contributed by atoms with E-state index in [1.807, 2.05) is 0 Å². The quantitative estimate of drug-likeness (QED) is 0.164. The van der Waals surface area contributed by atoms with Crippen LogP contribution in [0.2, 0.25) is 0 Å². The lowest BCUT2D eigenvalue weighted by molar-refractivity contribution is 0.666. The van der Waals surface area contributed by atoms with Crippen LogP contribution in [0.1, 0.15) is 25.0 Å². The van der Waals surface area contributed by atoms with Crippen molar-refractivity contribution < 1.29 is 0 Å². The minimum Gasteiger partial charge on any atom is -0.0619 e. The molecule has 0 fully saturated rings. The fourth-order valence-electron chi connectivity index (χ4n) is 9.79. The topological polar surface area (TPSA) is 0 Å². The highest BCUT2D eigenvalue weighted by atomic mass is 14.4. The van der Waals surface area contributed by atoms with Crippen LogP contribution in [0.4, 0.5) is 0 Å². The van der Waals surface area contributed by atoms with Crippen molar-refractivity contribution in [2.24, 2.45) is 0 Å². The summed E-state index contributed by atoms with van der Waals surface area (Å²) in [5, 5.41) is 12.8. The molecular weight excluding hydrogens is 637 g/mol. The predicted molar refractivity (Wildman–Crippen MR) is 228 cm³/mol. The molecule has 1 aliphatic rings. The molecule has 0 aliphatic heterocycles. The number of hydrogen-bond donors (Lipinski definition) is 0. The lowest BCUT2D eigenvalue weighted by atomic mass is 9.79. The van der Waals surface area contributed by atoms with Crippen LogP contribution in [0.3, 0.4) is 0 Å². The van der Waals surface area contributed by atoms with Gasteiger partial charge in [-0.1, -0.05) is 196 Å². The van der Waals surface area contributed by atoms with Gasteiger partial charge in [0.15, 0.2) is 0 Å². The highest BCUT2D eigenvalue weighted by molar-refractivity contribution is 6.26. The lowest BCUT2D eigenvalue weighted by Crippen LogP contribution is -2.15. The zero-order valence-electron chi connectivity index (χ0n) is 29.8. The Labute approximate surface area is 309 Å². The van der Waals surface area contributed by atoms with Crippen LogP contribution < -0.4 is 0 Å². The van der Waals surface area contributed by atoms with E-state index in [9.17, 15) is 0 Å². The Morgan fingerprint density at radius 2 is 0.660 bits per heavy atom. The first-order chi connectivity index (χ1) is 26.1. The third-order valence-corrected chi connectivity index (χ3v) is 12.1. The van der Waals surface area contributed by atoms with Crippen LogP contribution in [0.25, 0.3) is 98.4 Å². The van der Waals surface area contributed by atoms with Gasteiger partial charge in [0.25, 0.3) is 0 Å². The van der Waals surface area contributed by atoms with E-state index in [-0.39, 0.29) is 5.41 Å². The maximum absolute atomic E-state index is 2.38. The molecule has 0 amide bonds. The molecule has 0 heterocycles. The van der Waals surface area contributed by atoms with E-state index in [1.165, 1.54) is 109 Å². The second-order valence-corrected chi connectivity index (χ2v) is 15.1. The summed E-state index contributed by atoms with van der Waals surface area (Å²) in [7, 11) is 0. The van der Waals surface area contributed by atoms with E-state index in [1.54, 1.807) is 0 Å². The van der Waals surface area contributed by atoms with Crippen molar-refractivity contribution in [1.29, 1.82) is 0 Å². The molecule has 248 valence electrons. The Bertz CT molecular complexity index is 3080. The molecule has 0 heteroatoms. The number of benzene rings is 10. The minimum absolute atomic E-state index is 0.0731. The molecule has 0 unspecified atom stereocenters. The summed E-state index contributed by atoms with van der Waals surface area (Å²) in [6.45, 7) is 4.77. The third-order valence-electron chi connectivity index (χ3n) is 12.1. The Kier molecular flexibility index (Phi) is 6.40. The van der Waals surface area contributed by atoms with Crippen LogP contribution in [-0.4, -0.2) is 0 Å². The summed E-state index contributed by atoms with van der Waals surface area (Å²) >= 11 is 0. The van der Waals surface area contributed by atoms with Crippen molar-refractivity contribution in [1.82, 2.24) is 0 Å². The fraction of sp³-hybridized carbons (Fsp3) is 0.0566. The van der Waals surface area contributed by atoms with Gasteiger partial charge in [0.1, 0.15) is 0 Å². The zero-order valence-corrected chi connectivity index (χ0v) is 29.8. The standard InChI is InChI=1S/C53H36/c1-53(2)49-28-12-11-20-40(49)48-32-30-39-36(25-14-27-47(39)52(48)53)38-29-31-46(37-19-6-5-18-35(37)38)51-44-23-9-7-21-42(44)50(43-22-8-10-24-45(43)51)41-26-13-16-33-15-3-4-17-34(33)41/h3-32H,1-2H3. The number of rotatable bonds is 3. The molecule has 0 atom stereocenters. The number of hydrogen-bond acceptors (Lipinski definition) is 0. The maximum Gasteiger partial charge on any atom is 0.0165 e. The monoisotopic (exact) mass is 672 g/mol. The summed E-state index contributed by atoms with van der Waals surface area (Å²) in [4.78, 5) is 0. The first-order valence-electron chi connectivity index (χ1n) is 18.7. The Morgan fingerprint density at radius 3 is 1.36 bits per heavy atom. The van der Waals surface area contributed by atoms with Gasteiger partial charge >= 0.3 is 0 Å². The smallest absolute Gasteiger partial charge is 0.0165 e. The molecule has 0 bridgehead atoms. The van der Waals surface area contributed by atoms with E-state index in [4.69, 9.17) is 0 Å². The van der Waals surface area contributed by atoms with Crippen LogP contribution in [0, 0.1) is 0 Å². The van der Waals surface area contributed by atoms with Crippen molar-refractivity contribution in [3.8, 4) is 44.5 Å². The summed E-state index contributed by atoms with van der Waals surface area (Å²) in [5.41, 5.74) is 13.2. The van der Waals surface area contributed by atoms with Crippen LogP contribution in [0.5, 0.6) is 0 Å². The number of fused-ring (bicyclic) bond motifs is 9. The highest BCUT2D eigenvalue weighted by Gasteiger charge is 2.36. The second kappa shape index (κ2) is 11.2. The van der Waals surface area contributed by atoms with Gasteiger partial charge in [-0.25, -0.2) is 0 Å². The molecule has 0 radical (unpaired) electrons. The van der Waals surface area contributed by atoms with Gasteiger partial charge in [-0.15, -0.1) is 0 Å².